The second kappa shape index (κ2) is 5.70. The minimum Gasteiger partial charge on any atom is -0.476 e. The number of carboxylic acid groups (broad SMARTS) is 1. The zero-order valence-electron chi connectivity index (χ0n) is 9.65. The van der Waals surface area contributed by atoms with Gasteiger partial charge >= 0.3 is 12.1 Å². The summed E-state index contributed by atoms with van der Waals surface area (Å²) in [5, 5.41) is 8.88. The van der Waals surface area contributed by atoms with E-state index in [1.54, 1.807) is 0 Å². The Morgan fingerprint density at radius 3 is 2.47 bits per heavy atom. The van der Waals surface area contributed by atoms with Crippen molar-refractivity contribution in [3.63, 3.8) is 0 Å². The number of likely N-dealkylation sites (tertiary alicyclic amines) is 1. The van der Waals surface area contributed by atoms with E-state index in [-0.39, 0.29) is 24.5 Å². The van der Waals surface area contributed by atoms with Crippen LogP contribution in [-0.4, -0.2) is 39.0 Å². The summed E-state index contributed by atoms with van der Waals surface area (Å²) in [5.74, 6) is -2.90. The number of alkyl halides is 3. The van der Waals surface area contributed by atoms with Crippen LogP contribution >= 0.6 is 12.4 Å². The Labute approximate surface area is 112 Å². The summed E-state index contributed by atoms with van der Waals surface area (Å²) in [7, 11) is 0. The predicted molar refractivity (Wildman–Crippen MR) is 61.1 cm³/mol. The normalized spacial score (nSPS) is 15.5. The fraction of sp³-hybridized carbons (Fsp3) is 0.500. The Balaban J connectivity index is 0.00000180. The molecule has 1 aliphatic rings. The van der Waals surface area contributed by atoms with Gasteiger partial charge in [0.15, 0.2) is 5.69 Å². The van der Waals surface area contributed by atoms with Gasteiger partial charge in [-0.15, -0.1) is 12.4 Å². The lowest BCUT2D eigenvalue weighted by atomic mass is 10.1. The lowest BCUT2D eigenvalue weighted by Crippen LogP contribution is -2.37. The molecule has 2 heterocycles. The molecule has 1 aromatic heterocycles. The summed E-state index contributed by atoms with van der Waals surface area (Å²) in [6.45, 7) is 1.87. The molecule has 0 amide bonds. The molecule has 0 unspecified atom stereocenters. The zero-order valence-corrected chi connectivity index (χ0v) is 10.5. The average molecular weight is 298 g/mol. The molecule has 9 heteroatoms. The van der Waals surface area contributed by atoms with E-state index in [9.17, 15) is 18.0 Å². The molecule has 0 saturated carbocycles. The van der Waals surface area contributed by atoms with Crippen LogP contribution < -0.4 is 0 Å². The molecule has 0 radical (unpaired) electrons. The topological polar surface area (TPSA) is 66.3 Å². The summed E-state index contributed by atoms with van der Waals surface area (Å²) in [6.07, 6.45) is -2.79. The third-order valence-electron chi connectivity index (χ3n) is 2.66. The lowest BCUT2D eigenvalue weighted by Gasteiger charge is -2.30. The number of aromatic nitrogens is 2. The van der Waals surface area contributed by atoms with Crippen LogP contribution in [0.2, 0.25) is 0 Å². The predicted octanol–water partition coefficient (Wildman–Crippen LogP) is 1.82. The highest BCUT2D eigenvalue weighted by Gasteiger charge is 2.36. The number of hydrogen-bond donors (Lipinski definition) is 1. The van der Waals surface area contributed by atoms with Crippen molar-refractivity contribution in [1.29, 1.82) is 0 Å². The Morgan fingerprint density at radius 1 is 1.42 bits per heavy atom. The molecule has 19 heavy (non-hydrogen) atoms. The van der Waals surface area contributed by atoms with E-state index < -0.39 is 23.7 Å². The monoisotopic (exact) mass is 297 g/mol. The first-order valence-electron chi connectivity index (χ1n) is 5.26. The highest BCUT2D eigenvalue weighted by Crippen LogP contribution is 2.26. The molecule has 0 spiro atoms. The first-order chi connectivity index (χ1) is 8.38. The second-order valence-electron chi connectivity index (χ2n) is 4.00. The summed E-state index contributed by atoms with van der Waals surface area (Å²) in [4.78, 5) is 19.1. The molecule has 1 saturated heterocycles. The van der Waals surface area contributed by atoms with Crippen molar-refractivity contribution in [2.24, 2.45) is 0 Å². The number of nitrogens with zero attached hydrogens (tertiary/aromatic N) is 3. The third-order valence-corrected chi connectivity index (χ3v) is 2.66. The Kier molecular flexibility index (Phi) is 4.70. The molecule has 0 atom stereocenters. The van der Waals surface area contributed by atoms with Crippen LogP contribution in [-0.2, 0) is 12.7 Å². The maximum absolute atomic E-state index is 12.4. The van der Waals surface area contributed by atoms with Crippen LogP contribution in [0.25, 0.3) is 0 Å². The van der Waals surface area contributed by atoms with Crippen LogP contribution in [0.5, 0.6) is 0 Å². The smallest absolute Gasteiger partial charge is 0.451 e. The van der Waals surface area contributed by atoms with Crippen LogP contribution in [0.15, 0.2) is 6.20 Å². The Morgan fingerprint density at radius 2 is 2.05 bits per heavy atom. The number of aromatic carboxylic acids is 1. The molecule has 5 nitrogen and oxygen atoms in total. The fourth-order valence-electron chi connectivity index (χ4n) is 1.62. The number of rotatable bonds is 3. The lowest BCUT2D eigenvalue weighted by molar-refractivity contribution is -0.145. The molecular formula is C10H11ClF3N3O2. The third kappa shape index (κ3) is 3.54. The number of carboxylic acids is 1. The fourth-order valence-corrected chi connectivity index (χ4v) is 1.62. The van der Waals surface area contributed by atoms with Crippen molar-refractivity contribution in [1.82, 2.24) is 14.9 Å². The Hall–Kier alpha value is -1.41. The SMILES string of the molecule is Cl.O=C(O)c1nc(C(F)(F)F)ncc1CN1CCC1. The van der Waals surface area contributed by atoms with Crippen LogP contribution in [0.3, 0.4) is 0 Å². The van der Waals surface area contributed by atoms with Gasteiger partial charge in [0.25, 0.3) is 0 Å². The standard InChI is InChI=1S/C10H10F3N3O2.ClH/c11-10(12,13)9-14-4-6(5-16-2-1-3-16)7(15-9)8(17)18;/h4H,1-3,5H2,(H,17,18);1H. The van der Waals surface area contributed by atoms with Crippen LogP contribution in [0.1, 0.15) is 28.3 Å². The molecule has 0 aliphatic carbocycles. The van der Waals surface area contributed by atoms with Crippen molar-refractivity contribution in [3.8, 4) is 0 Å². The van der Waals surface area contributed by atoms with E-state index >= 15 is 0 Å². The number of halogens is 4. The molecule has 0 bridgehead atoms. The molecule has 2 rings (SSSR count). The van der Waals surface area contributed by atoms with Gasteiger partial charge in [0, 0.05) is 18.3 Å². The first-order valence-corrected chi connectivity index (χ1v) is 5.26. The summed E-state index contributed by atoms with van der Waals surface area (Å²) >= 11 is 0. The van der Waals surface area contributed by atoms with E-state index in [0.29, 0.717) is 0 Å². The van der Waals surface area contributed by atoms with Gasteiger partial charge in [0.2, 0.25) is 5.82 Å². The van der Waals surface area contributed by atoms with Crippen molar-refractivity contribution in [3.05, 3.63) is 23.3 Å². The van der Waals surface area contributed by atoms with Gasteiger partial charge < -0.3 is 5.11 Å². The van der Waals surface area contributed by atoms with Gasteiger partial charge in [-0.2, -0.15) is 13.2 Å². The molecule has 1 aromatic rings. The maximum Gasteiger partial charge on any atom is 0.451 e. The van der Waals surface area contributed by atoms with E-state index in [1.165, 1.54) is 0 Å². The molecule has 0 aromatic carbocycles. The van der Waals surface area contributed by atoms with Gasteiger partial charge in [0.05, 0.1) is 0 Å². The molecular weight excluding hydrogens is 287 g/mol. The van der Waals surface area contributed by atoms with Gasteiger partial charge in [-0.05, 0) is 19.5 Å². The summed E-state index contributed by atoms with van der Waals surface area (Å²) in [5.41, 5.74) is -0.376. The van der Waals surface area contributed by atoms with E-state index in [2.05, 4.69) is 9.97 Å². The minimum absolute atomic E-state index is 0. The van der Waals surface area contributed by atoms with Crippen LogP contribution in [0.4, 0.5) is 13.2 Å². The quantitative estimate of drug-likeness (QED) is 0.922. The zero-order chi connectivity index (χ0) is 13.3. The number of hydrogen-bond acceptors (Lipinski definition) is 4. The summed E-state index contributed by atoms with van der Waals surface area (Å²) in [6, 6.07) is 0. The summed E-state index contributed by atoms with van der Waals surface area (Å²) < 4.78 is 37.1. The maximum atomic E-state index is 12.4. The van der Waals surface area contributed by atoms with Crippen LogP contribution in [0, 0.1) is 0 Å². The van der Waals surface area contributed by atoms with Gasteiger partial charge in [0.1, 0.15) is 0 Å². The molecule has 1 N–H and O–H groups in total. The van der Waals surface area contributed by atoms with Gasteiger partial charge in [-0.25, -0.2) is 14.8 Å². The van der Waals surface area contributed by atoms with Crippen molar-refractivity contribution >= 4 is 18.4 Å². The molecule has 1 aliphatic heterocycles. The Bertz CT molecular complexity index is 478. The van der Waals surface area contributed by atoms with E-state index in [4.69, 9.17) is 5.11 Å². The van der Waals surface area contributed by atoms with Gasteiger partial charge in [-0.1, -0.05) is 0 Å². The second-order valence-corrected chi connectivity index (χ2v) is 4.00. The van der Waals surface area contributed by atoms with Gasteiger partial charge in [-0.3, -0.25) is 4.90 Å². The number of carbonyl (C=O) groups is 1. The van der Waals surface area contributed by atoms with Crippen molar-refractivity contribution in [2.75, 3.05) is 13.1 Å². The first kappa shape index (κ1) is 15.6. The molecule has 106 valence electrons. The van der Waals surface area contributed by atoms with Crippen molar-refractivity contribution < 1.29 is 23.1 Å². The largest absolute Gasteiger partial charge is 0.476 e. The van der Waals surface area contributed by atoms with E-state index in [1.807, 2.05) is 4.90 Å². The highest BCUT2D eigenvalue weighted by atomic mass is 35.5. The molecule has 1 fully saturated rings. The average Bonchev–Trinajstić information content (AvgIpc) is 2.21. The van der Waals surface area contributed by atoms with E-state index in [0.717, 1.165) is 25.7 Å². The van der Waals surface area contributed by atoms with Crippen molar-refractivity contribution in [2.45, 2.75) is 19.1 Å². The highest BCUT2D eigenvalue weighted by molar-refractivity contribution is 5.87. The minimum atomic E-state index is -4.74.